The Morgan fingerprint density at radius 3 is 2.53 bits per heavy atom. The van der Waals surface area contributed by atoms with Crippen molar-refractivity contribution >= 4 is 0 Å². The topological polar surface area (TPSA) is 41.5 Å². The van der Waals surface area contributed by atoms with Gasteiger partial charge in [0.1, 0.15) is 11.5 Å². The first-order valence-electron chi connectivity index (χ1n) is 6.34. The molecule has 0 fully saturated rings. The van der Waals surface area contributed by atoms with Gasteiger partial charge >= 0.3 is 0 Å². The molecule has 0 saturated heterocycles. The standard InChI is InChI=1S/C16H19NO2/c1-12(14-6-8-16(19-2)9-7-14)17-11-13-4-3-5-15(18)10-13/h3-10,12,17-18H,11H2,1-2H3. The van der Waals surface area contributed by atoms with Gasteiger partial charge in [-0.25, -0.2) is 0 Å². The van der Waals surface area contributed by atoms with Gasteiger partial charge in [-0.15, -0.1) is 0 Å². The maximum atomic E-state index is 9.41. The molecule has 2 aromatic rings. The van der Waals surface area contributed by atoms with Gasteiger partial charge in [-0.1, -0.05) is 24.3 Å². The minimum Gasteiger partial charge on any atom is -0.508 e. The van der Waals surface area contributed by atoms with Gasteiger partial charge in [-0.2, -0.15) is 0 Å². The number of hydrogen-bond donors (Lipinski definition) is 2. The van der Waals surface area contributed by atoms with Crippen molar-refractivity contribution in [1.82, 2.24) is 5.32 Å². The van der Waals surface area contributed by atoms with Gasteiger partial charge in [-0.3, -0.25) is 0 Å². The van der Waals surface area contributed by atoms with Crippen LogP contribution in [0.15, 0.2) is 48.5 Å². The number of aromatic hydroxyl groups is 1. The first-order chi connectivity index (χ1) is 9.19. The highest BCUT2D eigenvalue weighted by atomic mass is 16.5. The second-order valence-corrected chi connectivity index (χ2v) is 4.55. The molecule has 19 heavy (non-hydrogen) atoms. The van der Waals surface area contributed by atoms with Crippen LogP contribution >= 0.6 is 0 Å². The highest BCUT2D eigenvalue weighted by Crippen LogP contribution is 2.18. The largest absolute Gasteiger partial charge is 0.508 e. The molecule has 2 rings (SSSR count). The van der Waals surface area contributed by atoms with Crippen molar-refractivity contribution in [3.8, 4) is 11.5 Å². The van der Waals surface area contributed by atoms with E-state index in [0.29, 0.717) is 5.75 Å². The second kappa shape index (κ2) is 6.25. The summed E-state index contributed by atoms with van der Waals surface area (Å²) in [4.78, 5) is 0. The van der Waals surface area contributed by atoms with Crippen molar-refractivity contribution in [2.75, 3.05) is 7.11 Å². The highest BCUT2D eigenvalue weighted by Gasteiger charge is 2.05. The van der Waals surface area contributed by atoms with E-state index in [-0.39, 0.29) is 6.04 Å². The van der Waals surface area contributed by atoms with E-state index in [4.69, 9.17) is 4.74 Å². The molecule has 1 atom stereocenters. The zero-order valence-corrected chi connectivity index (χ0v) is 11.3. The smallest absolute Gasteiger partial charge is 0.118 e. The fraction of sp³-hybridized carbons (Fsp3) is 0.250. The fourth-order valence-electron chi connectivity index (χ4n) is 1.95. The predicted molar refractivity (Wildman–Crippen MR) is 76.4 cm³/mol. The molecule has 1 unspecified atom stereocenters. The molecular weight excluding hydrogens is 238 g/mol. The van der Waals surface area contributed by atoms with Crippen LogP contribution in [0.25, 0.3) is 0 Å². The van der Waals surface area contributed by atoms with E-state index < -0.39 is 0 Å². The maximum Gasteiger partial charge on any atom is 0.118 e. The summed E-state index contributed by atoms with van der Waals surface area (Å²) in [6.07, 6.45) is 0. The molecule has 3 nitrogen and oxygen atoms in total. The highest BCUT2D eigenvalue weighted by molar-refractivity contribution is 5.30. The molecule has 0 spiro atoms. The normalized spacial score (nSPS) is 12.1. The zero-order valence-electron chi connectivity index (χ0n) is 11.3. The van der Waals surface area contributed by atoms with Crippen molar-refractivity contribution in [1.29, 1.82) is 0 Å². The number of ether oxygens (including phenoxy) is 1. The van der Waals surface area contributed by atoms with Gasteiger partial charge in [0.25, 0.3) is 0 Å². The quantitative estimate of drug-likeness (QED) is 0.864. The molecule has 0 heterocycles. The molecule has 0 aromatic heterocycles. The van der Waals surface area contributed by atoms with Crippen molar-refractivity contribution in [3.05, 3.63) is 59.7 Å². The molecule has 0 radical (unpaired) electrons. The van der Waals surface area contributed by atoms with Crippen LogP contribution in [0.3, 0.4) is 0 Å². The Bertz CT molecular complexity index is 523. The SMILES string of the molecule is COc1ccc(C(C)NCc2cccc(O)c2)cc1. The molecule has 0 aliphatic heterocycles. The van der Waals surface area contributed by atoms with Gasteiger partial charge in [0, 0.05) is 12.6 Å². The number of phenolic OH excluding ortho intramolecular Hbond substituents is 1. The summed E-state index contributed by atoms with van der Waals surface area (Å²) in [5.41, 5.74) is 2.28. The lowest BCUT2D eigenvalue weighted by molar-refractivity contribution is 0.414. The average molecular weight is 257 g/mol. The first kappa shape index (κ1) is 13.4. The summed E-state index contributed by atoms with van der Waals surface area (Å²) < 4.78 is 5.14. The van der Waals surface area contributed by atoms with Crippen LogP contribution in [0.5, 0.6) is 11.5 Å². The minimum atomic E-state index is 0.244. The predicted octanol–water partition coefficient (Wildman–Crippen LogP) is 3.25. The lowest BCUT2D eigenvalue weighted by Gasteiger charge is -2.15. The fourth-order valence-corrected chi connectivity index (χ4v) is 1.95. The molecule has 3 heteroatoms. The average Bonchev–Trinajstić information content (AvgIpc) is 2.45. The van der Waals surface area contributed by atoms with E-state index in [2.05, 4.69) is 24.4 Å². The Hall–Kier alpha value is -2.00. The summed E-state index contributed by atoms with van der Waals surface area (Å²) in [5, 5.41) is 12.8. The molecule has 0 saturated carbocycles. The minimum absolute atomic E-state index is 0.244. The Labute approximate surface area is 113 Å². The van der Waals surface area contributed by atoms with Crippen LogP contribution in [0, 0.1) is 0 Å². The van der Waals surface area contributed by atoms with E-state index in [9.17, 15) is 5.11 Å². The van der Waals surface area contributed by atoms with Crippen molar-refractivity contribution < 1.29 is 9.84 Å². The molecule has 100 valence electrons. The summed E-state index contributed by atoms with van der Waals surface area (Å²) in [5.74, 6) is 1.17. The zero-order chi connectivity index (χ0) is 13.7. The van der Waals surface area contributed by atoms with Crippen molar-refractivity contribution in [2.45, 2.75) is 19.5 Å². The number of benzene rings is 2. The maximum absolute atomic E-state index is 9.41. The van der Waals surface area contributed by atoms with Gasteiger partial charge in [0.05, 0.1) is 7.11 Å². The van der Waals surface area contributed by atoms with Crippen LogP contribution < -0.4 is 10.1 Å². The van der Waals surface area contributed by atoms with Gasteiger partial charge in [0.15, 0.2) is 0 Å². The number of methoxy groups -OCH3 is 1. The molecule has 0 aliphatic rings. The van der Waals surface area contributed by atoms with Crippen molar-refractivity contribution in [2.24, 2.45) is 0 Å². The molecule has 0 amide bonds. The summed E-state index contributed by atoms with van der Waals surface area (Å²) in [6.45, 7) is 2.84. The van der Waals surface area contributed by atoms with Gasteiger partial charge in [-0.05, 0) is 42.3 Å². The van der Waals surface area contributed by atoms with Crippen LogP contribution in [-0.4, -0.2) is 12.2 Å². The van der Waals surface area contributed by atoms with E-state index >= 15 is 0 Å². The Morgan fingerprint density at radius 2 is 1.89 bits per heavy atom. The van der Waals surface area contributed by atoms with Crippen LogP contribution in [0.2, 0.25) is 0 Å². The monoisotopic (exact) mass is 257 g/mol. The van der Waals surface area contributed by atoms with Crippen LogP contribution in [0.1, 0.15) is 24.1 Å². The molecule has 2 N–H and O–H groups in total. The van der Waals surface area contributed by atoms with Crippen LogP contribution in [0.4, 0.5) is 0 Å². The third kappa shape index (κ3) is 3.73. The third-order valence-electron chi connectivity index (χ3n) is 3.14. The number of phenols is 1. The van der Waals surface area contributed by atoms with E-state index in [0.717, 1.165) is 17.9 Å². The number of nitrogens with one attached hydrogen (secondary N) is 1. The second-order valence-electron chi connectivity index (χ2n) is 4.55. The molecule has 2 aromatic carbocycles. The van der Waals surface area contributed by atoms with E-state index in [1.165, 1.54) is 5.56 Å². The van der Waals surface area contributed by atoms with Gasteiger partial charge < -0.3 is 15.2 Å². The number of rotatable bonds is 5. The van der Waals surface area contributed by atoms with E-state index in [1.54, 1.807) is 19.2 Å². The Balaban J connectivity index is 1.95. The number of hydrogen-bond acceptors (Lipinski definition) is 3. The van der Waals surface area contributed by atoms with Crippen molar-refractivity contribution in [3.63, 3.8) is 0 Å². The summed E-state index contributed by atoms with van der Waals surface area (Å²) in [6, 6.07) is 15.6. The lowest BCUT2D eigenvalue weighted by Crippen LogP contribution is -2.17. The summed E-state index contributed by atoms with van der Waals surface area (Å²) in [7, 11) is 1.67. The van der Waals surface area contributed by atoms with Gasteiger partial charge in [0.2, 0.25) is 0 Å². The van der Waals surface area contributed by atoms with Crippen LogP contribution in [-0.2, 0) is 6.54 Å². The summed E-state index contributed by atoms with van der Waals surface area (Å²) >= 11 is 0. The lowest BCUT2D eigenvalue weighted by atomic mass is 10.1. The molecular formula is C16H19NO2. The molecule has 0 aliphatic carbocycles. The Kier molecular flexibility index (Phi) is 4.42. The molecule has 0 bridgehead atoms. The van der Waals surface area contributed by atoms with E-state index in [1.807, 2.05) is 24.3 Å². The first-order valence-corrected chi connectivity index (χ1v) is 6.34. The Morgan fingerprint density at radius 1 is 1.16 bits per heavy atom. The third-order valence-corrected chi connectivity index (χ3v) is 3.14.